The Bertz CT molecular complexity index is 1270. The lowest BCUT2D eigenvalue weighted by atomic mass is 9.98. The van der Waals surface area contributed by atoms with Crippen LogP contribution in [0.5, 0.6) is 17.2 Å². The predicted octanol–water partition coefficient (Wildman–Crippen LogP) is 5.29. The van der Waals surface area contributed by atoms with E-state index in [1.807, 2.05) is 6.92 Å². The molecular weight excluding hydrogens is 461 g/mol. The monoisotopic (exact) mass is 491 g/mol. The summed E-state index contributed by atoms with van der Waals surface area (Å²) in [5.74, 6) is 1.01. The third kappa shape index (κ3) is 6.20. The molecule has 9 heteroatoms. The fraction of sp³-hybridized carbons (Fsp3) is 0.370. The van der Waals surface area contributed by atoms with E-state index in [0.29, 0.717) is 47.0 Å². The molecule has 2 amide bonds. The van der Waals surface area contributed by atoms with Crippen molar-refractivity contribution in [3.63, 3.8) is 0 Å². The number of halogens is 1. The van der Waals surface area contributed by atoms with E-state index in [1.165, 1.54) is 12.1 Å². The number of likely N-dealkylation sites (tertiary alicyclic amines) is 1. The number of fused-ring (bicyclic) bond motifs is 1. The first kappa shape index (κ1) is 25.2. The van der Waals surface area contributed by atoms with Crippen LogP contribution < -0.4 is 20.1 Å². The van der Waals surface area contributed by atoms with Gasteiger partial charge in [0.15, 0.2) is 0 Å². The van der Waals surface area contributed by atoms with Crippen molar-refractivity contribution in [1.82, 2.24) is 15.2 Å². The first-order valence-electron chi connectivity index (χ1n) is 12.1. The Labute approximate surface area is 210 Å². The molecule has 188 valence electrons. The molecule has 0 atom stereocenters. The summed E-state index contributed by atoms with van der Waals surface area (Å²) >= 11 is 0. The number of aromatic nitrogens is 1. The number of hydrogen-bond acceptors (Lipinski definition) is 6. The van der Waals surface area contributed by atoms with E-state index in [1.54, 1.807) is 30.5 Å². The number of pyridine rings is 1. The van der Waals surface area contributed by atoms with Crippen LogP contribution in [0.3, 0.4) is 0 Å². The van der Waals surface area contributed by atoms with Gasteiger partial charge in [-0.25, -0.2) is 9.18 Å². The zero-order chi connectivity index (χ0) is 25.5. The van der Waals surface area contributed by atoms with E-state index in [2.05, 4.69) is 33.6 Å². The third-order valence-electron chi connectivity index (χ3n) is 6.19. The number of rotatable bonds is 8. The minimum Gasteiger partial charge on any atom is -0.492 e. The molecule has 36 heavy (non-hydrogen) atoms. The molecule has 4 rings (SSSR count). The Morgan fingerprint density at radius 2 is 2.03 bits per heavy atom. The fourth-order valence-electron chi connectivity index (χ4n) is 4.07. The molecule has 1 aliphatic heterocycles. The van der Waals surface area contributed by atoms with Crippen molar-refractivity contribution in [2.75, 3.05) is 38.6 Å². The molecule has 0 radical (unpaired) electrons. The van der Waals surface area contributed by atoms with Crippen molar-refractivity contribution >= 4 is 22.6 Å². The van der Waals surface area contributed by atoms with Crippen molar-refractivity contribution in [3.8, 4) is 23.3 Å². The van der Waals surface area contributed by atoms with E-state index >= 15 is 0 Å². The molecule has 0 bridgehead atoms. The van der Waals surface area contributed by atoms with Crippen LogP contribution in [-0.2, 0) is 0 Å². The van der Waals surface area contributed by atoms with Crippen LogP contribution in [0.25, 0.3) is 10.9 Å². The lowest BCUT2D eigenvalue weighted by Crippen LogP contribution is -2.32. The first-order valence-corrected chi connectivity index (χ1v) is 12.1. The van der Waals surface area contributed by atoms with Crippen LogP contribution in [0.4, 0.5) is 14.9 Å². The molecular formula is C27H30FN5O3. The predicted molar refractivity (Wildman–Crippen MR) is 136 cm³/mol. The van der Waals surface area contributed by atoms with Gasteiger partial charge in [0.05, 0.1) is 23.4 Å². The van der Waals surface area contributed by atoms with Crippen molar-refractivity contribution in [2.24, 2.45) is 5.92 Å². The van der Waals surface area contributed by atoms with Gasteiger partial charge in [0.1, 0.15) is 29.1 Å². The highest BCUT2D eigenvalue weighted by molar-refractivity contribution is 5.90. The second-order valence-electron chi connectivity index (χ2n) is 8.97. The lowest BCUT2D eigenvalue weighted by molar-refractivity contribution is 0.160. The molecule has 8 nitrogen and oxygen atoms in total. The molecule has 1 saturated heterocycles. The maximum absolute atomic E-state index is 14.6. The third-order valence-corrected chi connectivity index (χ3v) is 6.19. The van der Waals surface area contributed by atoms with Gasteiger partial charge < -0.3 is 25.0 Å². The number of benzene rings is 2. The van der Waals surface area contributed by atoms with E-state index in [4.69, 9.17) is 9.47 Å². The molecule has 2 aromatic carbocycles. The SMILES string of the molecule is CCCNC(=O)Nc1ccc(Oc2ccnc3cc(OCC4CCN(C)CC4)c(C#N)cc23)cc1F. The van der Waals surface area contributed by atoms with Crippen LogP contribution >= 0.6 is 0 Å². The minimum atomic E-state index is -0.625. The summed E-state index contributed by atoms with van der Waals surface area (Å²) in [6.45, 7) is 5.07. The number of hydrogen-bond donors (Lipinski definition) is 2. The summed E-state index contributed by atoms with van der Waals surface area (Å²) in [7, 11) is 2.12. The van der Waals surface area contributed by atoms with Crippen molar-refractivity contribution < 1.29 is 18.7 Å². The largest absolute Gasteiger partial charge is 0.492 e. The number of carbonyl (C=O) groups is 1. The Hall–Kier alpha value is -3.90. The number of nitriles is 1. The molecule has 3 aromatic rings. The Morgan fingerprint density at radius 3 is 2.75 bits per heavy atom. The summed E-state index contributed by atoms with van der Waals surface area (Å²) in [5, 5.41) is 15.5. The summed E-state index contributed by atoms with van der Waals surface area (Å²) in [6.07, 6.45) is 4.50. The average molecular weight is 492 g/mol. The maximum atomic E-state index is 14.6. The van der Waals surface area contributed by atoms with E-state index < -0.39 is 11.8 Å². The smallest absolute Gasteiger partial charge is 0.319 e. The van der Waals surface area contributed by atoms with E-state index in [9.17, 15) is 14.4 Å². The van der Waals surface area contributed by atoms with Gasteiger partial charge in [0.2, 0.25) is 0 Å². The van der Waals surface area contributed by atoms with Crippen molar-refractivity contribution in [1.29, 1.82) is 5.26 Å². The van der Waals surface area contributed by atoms with Crippen molar-refractivity contribution in [2.45, 2.75) is 26.2 Å². The molecule has 1 aromatic heterocycles. The normalized spacial score (nSPS) is 14.3. The molecule has 1 fully saturated rings. The van der Waals surface area contributed by atoms with Crippen molar-refractivity contribution in [3.05, 3.63) is 54.0 Å². The number of anilines is 1. The highest BCUT2D eigenvalue weighted by Crippen LogP contribution is 2.34. The van der Waals surface area contributed by atoms with Gasteiger partial charge in [-0.05, 0) is 69.6 Å². The fourth-order valence-corrected chi connectivity index (χ4v) is 4.07. The van der Waals surface area contributed by atoms with Crippen LogP contribution in [0.2, 0.25) is 0 Å². The molecule has 0 aliphatic carbocycles. The number of urea groups is 1. The van der Waals surface area contributed by atoms with Crippen LogP contribution in [0.15, 0.2) is 42.6 Å². The number of nitrogens with zero attached hydrogens (tertiary/aromatic N) is 3. The second-order valence-corrected chi connectivity index (χ2v) is 8.97. The van der Waals surface area contributed by atoms with Gasteiger partial charge in [0.25, 0.3) is 0 Å². The van der Waals surface area contributed by atoms with Gasteiger partial charge >= 0.3 is 6.03 Å². The zero-order valence-corrected chi connectivity index (χ0v) is 20.5. The van der Waals surface area contributed by atoms with Crippen LogP contribution in [0.1, 0.15) is 31.7 Å². The first-order chi connectivity index (χ1) is 17.5. The maximum Gasteiger partial charge on any atom is 0.319 e. The summed E-state index contributed by atoms with van der Waals surface area (Å²) in [6, 6.07) is 11.0. The summed E-state index contributed by atoms with van der Waals surface area (Å²) < 4.78 is 26.6. The van der Waals surface area contributed by atoms with Crippen LogP contribution in [0, 0.1) is 23.1 Å². The number of nitrogens with one attached hydrogen (secondary N) is 2. The zero-order valence-electron chi connectivity index (χ0n) is 20.5. The molecule has 2 N–H and O–H groups in total. The van der Waals surface area contributed by atoms with Gasteiger partial charge in [-0.2, -0.15) is 5.26 Å². The average Bonchev–Trinajstić information content (AvgIpc) is 2.88. The Kier molecular flexibility index (Phi) is 8.18. The van der Waals surface area contributed by atoms with Gasteiger partial charge in [-0.3, -0.25) is 4.98 Å². The number of carbonyl (C=O) groups excluding carboxylic acids is 1. The molecule has 2 heterocycles. The minimum absolute atomic E-state index is 0.0497. The highest BCUT2D eigenvalue weighted by atomic mass is 19.1. The summed E-state index contributed by atoms with van der Waals surface area (Å²) in [5.41, 5.74) is 1.04. The van der Waals surface area contributed by atoms with Gasteiger partial charge in [-0.15, -0.1) is 0 Å². The van der Waals surface area contributed by atoms with Gasteiger partial charge in [0, 0.05) is 30.3 Å². The quantitative estimate of drug-likeness (QED) is 0.444. The number of piperidine rings is 1. The van der Waals surface area contributed by atoms with Gasteiger partial charge in [-0.1, -0.05) is 6.92 Å². The van der Waals surface area contributed by atoms with E-state index in [0.717, 1.165) is 32.4 Å². The Morgan fingerprint density at radius 1 is 1.22 bits per heavy atom. The second kappa shape index (κ2) is 11.7. The number of amides is 2. The standard InChI is InChI=1S/C27H30FN5O3/c1-3-9-31-27(34)32-23-5-4-20(14-22(23)28)36-25-6-10-30-24-15-26(19(16-29)13-21(24)25)35-17-18-7-11-33(2)12-8-18/h4-6,10,13-15,18H,3,7-9,11-12,17H2,1-2H3,(H2,31,32,34). The van der Waals surface area contributed by atoms with Crippen LogP contribution in [-0.4, -0.2) is 49.2 Å². The Balaban J connectivity index is 1.50. The molecule has 1 aliphatic rings. The lowest BCUT2D eigenvalue weighted by Gasteiger charge is -2.28. The molecule has 0 saturated carbocycles. The summed E-state index contributed by atoms with van der Waals surface area (Å²) in [4.78, 5) is 18.5. The van der Waals surface area contributed by atoms with E-state index in [-0.39, 0.29) is 11.4 Å². The topological polar surface area (TPSA) is 99.5 Å². The number of ether oxygens (including phenoxy) is 2. The molecule has 0 spiro atoms. The molecule has 0 unspecified atom stereocenters. The highest BCUT2D eigenvalue weighted by Gasteiger charge is 2.19.